The Morgan fingerprint density at radius 2 is 2.06 bits per heavy atom. The third-order valence-corrected chi connectivity index (χ3v) is 3.03. The molecule has 0 radical (unpaired) electrons. The monoisotopic (exact) mass is 248 g/mol. The second-order valence-electron chi connectivity index (χ2n) is 5.81. The molecule has 1 unspecified atom stereocenters. The van der Waals surface area contributed by atoms with Gasteiger partial charge in [-0.15, -0.1) is 0 Å². The summed E-state index contributed by atoms with van der Waals surface area (Å²) in [6.45, 7) is 6.15. The summed E-state index contributed by atoms with van der Waals surface area (Å²) in [4.78, 5) is 22.4. The third kappa shape index (κ3) is 2.20. The van der Waals surface area contributed by atoms with E-state index in [1.54, 1.807) is 12.1 Å². The quantitative estimate of drug-likeness (QED) is 0.645. The fourth-order valence-corrected chi connectivity index (χ4v) is 2.30. The van der Waals surface area contributed by atoms with Crippen molar-refractivity contribution < 1.29 is 9.72 Å². The van der Waals surface area contributed by atoms with Crippen molar-refractivity contribution in [3.05, 3.63) is 33.9 Å². The van der Waals surface area contributed by atoms with Gasteiger partial charge in [0.25, 0.3) is 5.69 Å². The summed E-state index contributed by atoms with van der Waals surface area (Å²) < 4.78 is 0. The Morgan fingerprint density at radius 1 is 1.39 bits per heavy atom. The van der Waals surface area contributed by atoms with Gasteiger partial charge in [-0.05, 0) is 17.4 Å². The van der Waals surface area contributed by atoms with E-state index in [4.69, 9.17) is 0 Å². The van der Waals surface area contributed by atoms with Crippen molar-refractivity contribution in [1.29, 1.82) is 0 Å². The Balaban J connectivity index is 2.44. The second-order valence-corrected chi connectivity index (χ2v) is 5.81. The van der Waals surface area contributed by atoms with Gasteiger partial charge in [-0.25, -0.2) is 0 Å². The first kappa shape index (κ1) is 12.5. The molecule has 0 spiro atoms. The molecule has 0 aliphatic carbocycles. The van der Waals surface area contributed by atoms with Crippen LogP contribution in [0.15, 0.2) is 18.2 Å². The Kier molecular flexibility index (Phi) is 2.84. The highest BCUT2D eigenvalue weighted by molar-refractivity contribution is 6.05. The third-order valence-electron chi connectivity index (χ3n) is 3.03. The minimum Gasteiger partial charge on any atom is -0.320 e. The smallest absolute Gasteiger partial charge is 0.293 e. The van der Waals surface area contributed by atoms with Crippen molar-refractivity contribution in [2.75, 3.05) is 5.32 Å². The van der Waals surface area contributed by atoms with E-state index in [-0.39, 0.29) is 22.9 Å². The molecule has 1 aliphatic heterocycles. The number of amides is 1. The zero-order valence-electron chi connectivity index (χ0n) is 10.7. The number of benzene rings is 1. The Bertz CT molecular complexity index is 517. The Hall–Kier alpha value is -1.91. The first-order chi connectivity index (χ1) is 8.29. The average molecular weight is 248 g/mol. The van der Waals surface area contributed by atoms with Crippen LogP contribution in [0.25, 0.3) is 0 Å². The maximum Gasteiger partial charge on any atom is 0.293 e. The van der Waals surface area contributed by atoms with Gasteiger partial charge < -0.3 is 5.32 Å². The van der Waals surface area contributed by atoms with Crippen LogP contribution < -0.4 is 5.32 Å². The summed E-state index contributed by atoms with van der Waals surface area (Å²) in [5, 5.41) is 13.6. The maximum atomic E-state index is 12.0. The lowest BCUT2D eigenvalue weighted by atomic mass is 9.82. The largest absolute Gasteiger partial charge is 0.320 e. The minimum absolute atomic E-state index is 0.00572. The Morgan fingerprint density at radius 3 is 2.61 bits per heavy atom. The highest BCUT2D eigenvalue weighted by Crippen LogP contribution is 2.43. The van der Waals surface area contributed by atoms with Gasteiger partial charge in [0.1, 0.15) is 5.69 Å². The molecule has 2 rings (SSSR count). The van der Waals surface area contributed by atoms with Crippen molar-refractivity contribution in [1.82, 2.24) is 0 Å². The number of hydrogen-bond donors (Lipinski definition) is 1. The second kappa shape index (κ2) is 4.08. The normalized spacial score (nSPS) is 18.4. The van der Waals surface area contributed by atoms with Gasteiger partial charge in [-0.1, -0.05) is 32.9 Å². The Labute approximate surface area is 105 Å². The van der Waals surface area contributed by atoms with E-state index >= 15 is 0 Å². The van der Waals surface area contributed by atoms with E-state index < -0.39 is 4.92 Å². The lowest BCUT2D eigenvalue weighted by Crippen LogP contribution is -2.18. The summed E-state index contributed by atoms with van der Waals surface area (Å²) in [6.07, 6.45) is 0.674. The molecule has 96 valence electrons. The van der Waals surface area contributed by atoms with Crippen LogP contribution in [-0.4, -0.2) is 10.8 Å². The van der Waals surface area contributed by atoms with E-state index in [1.807, 2.05) is 0 Å². The van der Waals surface area contributed by atoms with E-state index in [2.05, 4.69) is 26.1 Å². The number of nitrogens with one attached hydrogen (secondary N) is 1. The number of nitro groups is 1. The van der Waals surface area contributed by atoms with Crippen LogP contribution in [0.4, 0.5) is 11.4 Å². The standard InChI is InChI=1S/C13H16N2O3/c1-13(2,3)7-9-8-5-4-6-10(15(17)18)11(8)14-12(9)16/h4-6,9H,7H2,1-3H3,(H,14,16). The number of rotatable bonds is 2. The molecule has 1 aliphatic rings. The van der Waals surface area contributed by atoms with Crippen molar-refractivity contribution in [2.45, 2.75) is 33.1 Å². The molecule has 0 aromatic heterocycles. The molecule has 0 fully saturated rings. The molecular weight excluding hydrogens is 232 g/mol. The summed E-state index contributed by atoms with van der Waals surface area (Å²) in [5.41, 5.74) is 1.07. The van der Waals surface area contributed by atoms with E-state index in [0.717, 1.165) is 5.56 Å². The summed E-state index contributed by atoms with van der Waals surface area (Å²) in [5.74, 6) is -0.436. The molecule has 1 amide bonds. The number of nitrogens with zero attached hydrogens (tertiary/aromatic N) is 1. The topological polar surface area (TPSA) is 72.2 Å². The zero-order chi connectivity index (χ0) is 13.5. The summed E-state index contributed by atoms with van der Waals surface area (Å²) in [7, 11) is 0. The maximum absolute atomic E-state index is 12.0. The molecule has 1 aromatic carbocycles. The van der Waals surface area contributed by atoms with E-state index in [0.29, 0.717) is 12.1 Å². The highest BCUT2D eigenvalue weighted by Gasteiger charge is 2.37. The number of nitro benzene ring substituents is 1. The van der Waals surface area contributed by atoms with Crippen LogP contribution >= 0.6 is 0 Å². The number of carbonyl (C=O) groups excluding carboxylic acids is 1. The molecule has 18 heavy (non-hydrogen) atoms. The SMILES string of the molecule is CC(C)(C)CC1C(=O)Nc2c1cccc2[N+](=O)[O-]. The zero-order valence-corrected chi connectivity index (χ0v) is 10.7. The minimum atomic E-state index is -0.460. The molecule has 5 nitrogen and oxygen atoms in total. The van der Waals surface area contributed by atoms with Crippen LogP contribution in [0.2, 0.25) is 0 Å². The molecule has 0 bridgehead atoms. The van der Waals surface area contributed by atoms with Crippen molar-refractivity contribution in [2.24, 2.45) is 5.41 Å². The first-order valence-corrected chi connectivity index (χ1v) is 5.88. The lowest BCUT2D eigenvalue weighted by Gasteiger charge is -2.21. The van der Waals surface area contributed by atoms with Gasteiger partial charge in [-0.3, -0.25) is 14.9 Å². The molecule has 1 aromatic rings. The van der Waals surface area contributed by atoms with Gasteiger partial charge in [-0.2, -0.15) is 0 Å². The van der Waals surface area contributed by atoms with Crippen LogP contribution in [0.3, 0.4) is 0 Å². The summed E-state index contributed by atoms with van der Waals surface area (Å²) in [6, 6.07) is 4.84. The van der Waals surface area contributed by atoms with E-state index in [1.165, 1.54) is 6.07 Å². The fraction of sp³-hybridized carbons (Fsp3) is 0.462. The van der Waals surface area contributed by atoms with Crippen LogP contribution in [0.1, 0.15) is 38.7 Å². The van der Waals surface area contributed by atoms with Crippen LogP contribution in [-0.2, 0) is 4.79 Å². The summed E-state index contributed by atoms with van der Waals surface area (Å²) >= 11 is 0. The van der Waals surface area contributed by atoms with Gasteiger partial charge >= 0.3 is 0 Å². The molecular formula is C13H16N2O3. The molecule has 1 N–H and O–H groups in total. The molecule has 1 atom stereocenters. The highest BCUT2D eigenvalue weighted by atomic mass is 16.6. The number of hydrogen-bond acceptors (Lipinski definition) is 3. The van der Waals surface area contributed by atoms with Gasteiger partial charge in [0.2, 0.25) is 5.91 Å². The van der Waals surface area contributed by atoms with Crippen molar-refractivity contribution in [3.63, 3.8) is 0 Å². The van der Waals surface area contributed by atoms with Gasteiger partial charge in [0, 0.05) is 6.07 Å². The average Bonchev–Trinajstić information content (AvgIpc) is 2.53. The molecule has 1 heterocycles. The molecule has 0 saturated carbocycles. The number of fused-ring (bicyclic) bond motifs is 1. The van der Waals surface area contributed by atoms with E-state index in [9.17, 15) is 14.9 Å². The predicted molar refractivity (Wildman–Crippen MR) is 68.5 cm³/mol. The predicted octanol–water partition coefficient (Wildman–Crippen LogP) is 3.07. The lowest BCUT2D eigenvalue weighted by molar-refractivity contribution is -0.383. The number of para-hydroxylation sites is 1. The van der Waals surface area contributed by atoms with Crippen molar-refractivity contribution in [3.8, 4) is 0 Å². The fourth-order valence-electron chi connectivity index (χ4n) is 2.30. The molecule has 5 heteroatoms. The molecule has 0 saturated heterocycles. The van der Waals surface area contributed by atoms with Crippen LogP contribution in [0.5, 0.6) is 0 Å². The van der Waals surface area contributed by atoms with Gasteiger partial charge in [0.15, 0.2) is 0 Å². The first-order valence-electron chi connectivity index (χ1n) is 5.88. The van der Waals surface area contributed by atoms with Crippen molar-refractivity contribution >= 4 is 17.3 Å². The number of anilines is 1. The number of carbonyl (C=O) groups is 1. The van der Waals surface area contributed by atoms with Gasteiger partial charge in [0.05, 0.1) is 10.8 Å². The van der Waals surface area contributed by atoms with Crippen LogP contribution in [0, 0.1) is 15.5 Å².